The van der Waals surface area contributed by atoms with Gasteiger partial charge in [0.15, 0.2) is 0 Å². The second-order valence-corrected chi connectivity index (χ2v) is 5.90. The normalized spacial score (nSPS) is 29.3. The number of carbonyl (C=O) groups is 2. The van der Waals surface area contributed by atoms with E-state index in [2.05, 4.69) is 12.2 Å². The van der Waals surface area contributed by atoms with E-state index in [0.717, 1.165) is 44.7 Å². The van der Waals surface area contributed by atoms with E-state index in [1.165, 1.54) is 6.42 Å². The lowest BCUT2D eigenvalue weighted by Gasteiger charge is -2.31. The van der Waals surface area contributed by atoms with Gasteiger partial charge in [-0.25, -0.2) is 0 Å². The van der Waals surface area contributed by atoms with Crippen molar-refractivity contribution in [2.75, 3.05) is 13.1 Å². The Bertz CT molecular complexity index is 322. The number of carbonyl (C=O) groups excluding carboxylic acids is 2. The number of likely N-dealkylation sites (tertiary alicyclic amines) is 1. The fourth-order valence-electron chi connectivity index (χ4n) is 3.11. The number of rotatable bonds is 2. The number of nitrogens with zero attached hydrogens (tertiary/aromatic N) is 1. The van der Waals surface area contributed by atoms with Crippen molar-refractivity contribution in [3.05, 3.63) is 0 Å². The third-order valence-corrected chi connectivity index (χ3v) is 4.35. The topological polar surface area (TPSA) is 49.4 Å². The molecule has 1 aliphatic heterocycles. The van der Waals surface area contributed by atoms with Crippen LogP contribution in [-0.2, 0) is 9.59 Å². The van der Waals surface area contributed by atoms with E-state index in [0.29, 0.717) is 6.04 Å². The van der Waals surface area contributed by atoms with Crippen molar-refractivity contribution in [3.8, 4) is 0 Å². The highest BCUT2D eigenvalue weighted by Gasteiger charge is 2.29. The maximum Gasteiger partial charge on any atom is 0.223 e. The summed E-state index contributed by atoms with van der Waals surface area (Å²) in [5.41, 5.74) is 0. The van der Waals surface area contributed by atoms with E-state index in [9.17, 15) is 9.59 Å². The zero-order valence-corrected chi connectivity index (χ0v) is 11.4. The molecule has 4 nitrogen and oxygen atoms in total. The molecule has 2 unspecified atom stereocenters. The molecule has 2 rings (SSSR count). The third kappa shape index (κ3) is 3.24. The molecule has 0 spiro atoms. The van der Waals surface area contributed by atoms with Gasteiger partial charge in [0, 0.05) is 32.0 Å². The second kappa shape index (κ2) is 5.72. The Morgan fingerprint density at radius 2 is 1.78 bits per heavy atom. The molecule has 0 aromatic heterocycles. The SMILES string of the molecule is CC(=O)N1CCC(C(=O)NC2CCC(C)C2)CC1. The van der Waals surface area contributed by atoms with Crippen LogP contribution in [0.25, 0.3) is 0 Å². The first-order valence-corrected chi connectivity index (χ1v) is 7.12. The van der Waals surface area contributed by atoms with Crippen molar-refractivity contribution in [2.24, 2.45) is 11.8 Å². The molecule has 1 heterocycles. The van der Waals surface area contributed by atoms with Gasteiger partial charge in [0.1, 0.15) is 0 Å². The lowest BCUT2D eigenvalue weighted by atomic mass is 9.95. The molecular weight excluding hydrogens is 228 g/mol. The Balaban J connectivity index is 1.75. The minimum absolute atomic E-state index is 0.108. The maximum atomic E-state index is 12.1. The predicted octanol–water partition coefficient (Wildman–Crippen LogP) is 1.55. The fourth-order valence-corrected chi connectivity index (χ4v) is 3.11. The molecule has 1 saturated carbocycles. The summed E-state index contributed by atoms with van der Waals surface area (Å²) in [7, 11) is 0. The summed E-state index contributed by atoms with van der Waals surface area (Å²) in [6, 6.07) is 0.387. The van der Waals surface area contributed by atoms with Crippen LogP contribution in [0.5, 0.6) is 0 Å². The third-order valence-electron chi connectivity index (χ3n) is 4.35. The molecule has 4 heteroatoms. The molecule has 102 valence electrons. The van der Waals surface area contributed by atoms with Crippen LogP contribution in [0.1, 0.15) is 46.0 Å². The van der Waals surface area contributed by atoms with Crippen LogP contribution in [-0.4, -0.2) is 35.8 Å². The number of hydrogen-bond donors (Lipinski definition) is 1. The number of piperidine rings is 1. The van der Waals surface area contributed by atoms with E-state index >= 15 is 0 Å². The Kier molecular flexibility index (Phi) is 4.25. The molecule has 0 radical (unpaired) electrons. The second-order valence-electron chi connectivity index (χ2n) is 5.90. The van der Waals surface area contributed by atoms with Crippen LogP contribution in [0, 0.1) is 11.8 Å². The van der Waals surface area contributed by atoms with Gasteiger partial charge in [-0.2, -0.15) is 0 Å². The summed E-state index contributed by atoms with van der Waals surface area (Å²) in [4.78, 5) is 25.2. The zero-order valence-electron chi connectivity index (χ0n) is 11.4. The molecule has 2 aliphatic rings. The Morgan fingerprint density at radius 3 is 2.28 bits per heavy atom. The molecule has 1 N–H and O–H groups in total. The monoisotopic (exact) mass is 252 g/mol. The quantitative estimate of drug-likeness (QED) is 0.810. The Labute approximate surface area is 109 Å². The summed E-state index contributed by atoms with van der Waals surface area (Å²) in [6.07, 6.45) is 5.10. The van der Waals surface area contributed by atoms with E-state index in [-0.39, 0.29) is 17.7 Å². The largest absolute Gasteiger partial charge is 0.353 e. The first kappa shape index (κ1) is 13.4. The number of amides is 2. The molecule has 2 atom stereocenters. The van der Waals surface area contributed by atoms with Crippen molar-refractivity contribution in [3.63, 3.8) is 0 Å². The minimum atomic E-state index is 0.108. The zero-order chi connectivity index (χ0) is 13.1. The van der Waals surface area contributed by atoms with Gasteiger partial charge in [-0.3, -0.25) is 9.59 Å². The van der Waals surface area contributed by atoms with Gasteiger partial charge in [0.25, 0.3) is 0 Å². The molecule has 18 heavy (non-hydrogen) atoms. The average molecular weight is 252 g/mol. The van der Waals surface area contributed by atoms with Crippen molar-refractivity contribution >= 4 is 11.8 Å². The molecule has 1 aliphatic carbocycles. The van der Waals surface area contributed by atoms with Gasteiger partial charge in [0.2, 0.25) is 11.8 Å². The highest BCUT2D eigenvalue weighted by molar-refractivity contribution is 5.79. The van der Waals surface area contributed by atoms with Crippen molar-refractivity contribution in [1.82, 2.24) is 10.2 Å². The van der Waals surface area contributed by atoms with E-state index < -0.39 is 0 Å². The summed E-state index contributed by atoms with van der Waals surface area (Å²) in [5.74, 6) is 1.18. The smallest absolute Gasteiger partial charge is 0.223 e. The van der Waals surface area contributed by atoms with Crippen molar-refractivity contribution in [2.45, 2.75) is 52.0 Å². The highest BCUT2D eigenvalue weighted by atomic mass is 16.2. The van der Waals surface area contributed by atoms with Gasteiger partial charge in [-0.15, -0.1) is 0 Å². The number of hydrogen-bond acceptors (Lipinski definition) is 2. The molecule has 2 fully saturated rings. The Hall–Kier alpha value is -1.06. The van der Waals surface area contributed by atoms with E-state index in [1.54, 1.807) is 6.92 Å². The van der Waals surface area contributed by atoms with Crippen molar-refractivity contribution in [1.29, 1.82) is 0 Å². The summed E-state index contributed by atoms with van der Waals surface area (Å²) in [6.45, 7) is 5.31. The van der Waals surface area contributed by atoms with E-state index in [1.807, 2.05) is 4.90 Å². The van der Waals surface area contributed by atoms with Gasteiger partial charge in [-0.1, -0.05) is 6.92 Å². The molecule has 0 aromatic rings. The minimum Gasteiger partial charge on any atom is -0.353 e. The van der Waals surface area contributed by atoms with Gasteiger partial charge < -0.3 is 10.2 Å². The summed E-state index contributed by atoms with van der Waals surface area (Å²) >= 11 is 0. The van der Waals surface area contributed by atoms with Crippen molar-refractivity contribution < 1.29 is 9.59 Å². The highest BCUT2D eigenvalue weighted by Crippen LogP contribution is 2.25. The average Bonchev–Trinajstić information content (AvgIpc) is 2.75. The van der Waals surface area contributed by atoms with Gasteiger partial charge in [0.05, 0.1) is 0 Å². The van der Waals surface area contributed by atoms with E-state index in [4.69, 9.17) is 0 Å². The molecule has 1 saturated heterocycles. The van der Waals surface area contributed by atoms with Crippen LogP contribution in [0.2, 0.25) is 0 Å². The predicted molar refractivity (Wildman–Crippen MR) is 69.9 cm³/mol. The van der Waals surface area contributed by atoms with Crippen LogP contribution in [0.3, 0.4) is 0 Å². The van der Waals surface area contributed by atoms with Crippen LogP contribution < -0.4 is 5.32 Å². The fraction of sp³-hybridized carbons (Fsp3) is 0.857. The van der Waals surface area contributed by atoms with Crippen LogP contribution >= 0.6 is 0 Å². The molecule has 0 aromatic carbocycles. The molecular formula is C14H24N2O2. The summed E-state index contributed by atoms with van der Waals surface area (Å²) in [5, 5.41) is 3.18. The summed E-state index contributed by atoms with van der Waals surface area (Å²) < 4.78 is 0. The lowest BCUT2D eigenvalue weighted by Crippen LogP contribution is -2.44. The molecule has 2 amide bonds. The van der Waals surface area contributed by atoms with Gasteiger partial charge in [-0.05, 0) is 38.0 Å². The lowest BCUT2D eigenvalue weighted by molar-refractivity contribution is -0.134. The Morgan fingerprint density at radius 1 is 1.11 bits per heavy atom. The van der Waals surface area contributed by atoms with Crippen LogP contribution in [0.4, 0.5) is 0 Å². The number of nitrogens with one attached hydrogen (secondary N) is 1. The first-order chi connectivity index (χ1) is 8.56. The van der Waals surface area contributed by atoms with Gasteiger partial charge >= 0.3 is 0 Å². The molecule has 0 bridgehead atoms. The van der Waals surface area contributed by atoms with Crippen LogP contribution in [0.15, 0.2) is 0 Å². The maximum absolute atomic E-state index is 12.1. The first-order valence-electron chi connectivity index (χ1n) is 7.12. The standard InChI is InChI=1S/C14H24N2O2/c1-10-3-4-13(9-10)15-14(18)12-5-7-16(8-6-12)11(2)17/h10,12-13H,3-9H2,1-2H3,(H,15,18).